The number of benzene rings is 3. The molecule has 3 aromatic rings. The molecule has 2 amide bonds. The zero-order valence-corrected chi connectivity index (χ0v) is 24.2. The third-order valence-corrected chi connectivity index (χ3v) is 7.19. The quantitative estimate of drug-likeness (QED) is 0.374. The first-order chi connectivity index (χ1) is 18.8. The molecule has 1 N–H and O–H groups in total. The van der Waals surface area contributed by atoms with E-state index in [-0.39, 0.29) is 24.6 Å². The van der Waals surface area contributed by atoms with E-state index >= 15 is 0 Å². The summed E-state index contributed by atoms with van der Waals surface area (Å²) in [5.74, 6) is -0.930. The van der Waals surface area contributed by atoms with E-state index in [0.717, 1.165) is 28.3 Å². The first-order valence-electron chi connectivity index (χ1n) is 12.8. The highest BCUT2D eigenvalue weighted by molar-refractivity contribution is 7.92. The molecule has 3 rings (SSSR count). The first-order valence-corrected chi connectivity index (χ1v) is 14.6. The molecule has 0 heterocycles. The predicted octanol–water partition coefficient (Wildman–Crippen LogP) is 4.16. The molecule has 214 valence electrons. The Hall–Kier alpha value is -3.92. The molecule has 0 radical (unpaired) electrons. The molecule has 40 heavy (non-hydrogen) atoms. The van der Waals surface area contributed by atoms with Gasteiger partial charge in [0.1, 0.15) is 24.2 Å². The van der Waals surface area contributed by atoms with Gasteiger partial charge in [-0.3, -0.25) is 13.9 Å². The number of carbonyl (C=O) groups is 2. The summed E-state index contributed by atoms with van der Waals surface area (Å²) in [6, 6.07) is 20.3. The number of nitrogens with one attached hydrogen (secondary N) is 1. The lowest BCUT2D eigenvalue weighted by Crippen LogP contribution is -2.56. The number of carbonyl (C=O) groups excluding carboxylic acids is 2. The fraction of sp³-hybridized carbons (Fsp3) is 0.333. The molecule has 1 atom stereocenters. The fourth-order valence-electron chi connectivity index (χ4n) is 4.20. The molecule has 0 bridgehead atoms. The van der Waals surface area contributed by atoms with Crippen molar-refractivity contribution >= 4 is 27.5 Å². The number of hydrogen-bond donors (Lipinski definition) is 1. The Morgan fingerprint density at radius 2 is 1.57 bits per heavy atom. The van der Waals surface area contributed by atoms with Gasteiger partial charge in [-0.2, -0.15) is 0 Å². The first kappa shape index (κ1) is 30.6. The summed E-state index contributed by atoms with van der Waals surface area (Å²) in [5, 5.41) is 2.97. The predicted molar refractivity (Wildman–Crippen MR) is 154 cm³/mol. The number of halogens is 1. The van der Waals surface area contributed by atoms with Gasteiger partial charge >= 0.3 is 0 Å². The summed E-state index contributed by atoms with van der Waals surface area (Å²) in [7, 11) is -2.40. The van der Waals surface area contributed by atoms with Crippen LogP contribution in [0, 0.1) is 5.82 Å². The molecule has 0 spiro atoms. The normalized spacial score (nSPS) is 12.3. The minimum absolute atomic E-state index is 0.0200. The van der Waals surface area contributed by atoms with Crippen LogP contribution in [0.15, 0.2) is 78.9 Å². The maximum Gasteiger partial charge on any atom is 0.244 e. The van der Waals surface area contributed by atoms with Crippen molar-refractivity contribution in [1.29, 1.82) is 0 Å². The number of anilines is 1. The topological polar surface area (TPSA) is 96.0 Å². The maximum atomic E-state index is 14.0. The number of rotatable bonds is 11. The van der Waals surface area contributed by atoms with Gasteiger partial charge < -0.3 is 15.0 Å². The Kier molecular flexibility index (Phi) is 9.92. The Morgan fingerprint density at radius 3 is 2.15 bits per heavy atom. The largest absolute Gasteiger partial charge is 0.497 e. The van der Waals surface area contributed by atoms with Crippen molar-refractivity contribution in [3.8, 4) is 5.75 Å². The Labute approximate surface area is 235 Å². The van der Waals surface area contributed by atoms with Crippen LogP contribution in [0.5, 0.6) is 5.75 Å². The van der Waals surface area contributed by atoms with E-state index in [1.54, 1.807) is 24.3 Å². The molecule has 0 aliphatic rings. The third-order valence-electron chi connectivity index (χ3n) is 6.05. The molecule has 0 aromatic heterocycles. The highest BCUT2D eigenvalue weighted by atomic mass is 32.2. The van der Waals surface area contributed by atoms with Crippen molar-refractivity contribution in [2.75, 3.05) is 24.2 Å². The van der Waals surface area contributed by atoms with E-state index in [1.807, 2.05) is 51.1 Å². The molecule has 10 heteroatoms. The van der Waals surface area contributed by atoms with Crippen molar-refractivity contribution in [2.24, 2.45) is 0 Å². The number of sulfonamides is 1. The molecular formula is C30H36FN3O5S. The monoisotopic (exact) mass is 569 g/mol. The fourth-order valence-corrected chi connectivity index (χ4v) is 5.05. The molecule has 0 fully saturated rings. The summed E-state index contributed by atoms with van der Waals surface area (Å²) in [4.78, 5) is 29.1. The minimum atomic E-state index is -3.93. The van der Waals surface area contributed by atoms with Crippen LogP contribution < -0.4 is 14.4 Å². The van der Waals surface area contributed by atoms with Gasteiger partial charge in [-0.15, -0.1) is 0 Å². The molecule has 8 nitrogen and oxygen atoms in total. The summed E-state index contributed by atoms with van der Waals surface area (Å²) in [5.41, 5.74) is 1.08. The van der Waals surface area contributed by atoms with Crippen LogP contribution in [0.1, 0.15) is 31.9 Å². The SMILES string of the molecule is COc1cccc(CN(C(=O)CN(c2ccc(F)cc2)S(C)(=O)=O)C(Cc2ccccc2)C(=O)NC(C)(C)C)c1. The Bertz CT molecular complexity index is 1410. The number of amides is 2. The second-order valence-corrected chi connectivity index (χ2v) is 12.5. The molecule has 1 unspecified atom stereocenters. The Morgan fingerprint density at radius 1 is 0.950 bits per heavy atom. The number of methoxy groups -OCH3 is 1. The van der Waals surface area contributed by atoms with Gasteiger partial charge in [0.25, 0.3) is 0 Å². The average Bonchev–Trinajstić information content (AvgIpc) is 2.89. The second kappa shape index (κ2) is 13.0. The van der Waals surface area contributed by atoms with Gasteiger partial charge in [0.2, 0.25) is 21.8 Å². The van der Waals surface area contributed by atoms with E-state index < -0.39 is 39.9 Å². The minimum Gasteiger partial charge on any atom is -0.497 e. The number of hydrogen-bond acceptors (Lipinski definition) is 5. The van der Waals surface area contributed by atoms with Crippen LogP contribution in [0.25, 0.3) is 0 Å². The molecule has 0 aliphatic heterocycles. The third kappa shape index (κ3) is 8.81. The van der Waals surface area contributed by atoms with E-state index in [0.29, 0.717) is 11.3 Å². The lowest BCUT2D eigenvalue weighted by molar-refractivity contribution is -0.140. The van der Waals surface area contributed by atoms with Crippen LogP contribution in [0.4, 0.5) is 10.1 Å². The van der Waals surface area contributed by atoms with Crippen LogP contribution in [0.3, 0.4) is 0 Å². The molecular weight excluding hydrogens is 533 g/mol. The van der Waals surface area contributed by atoms with E-state index in [2.05, 4.69) is 5.32 Å². The summed E-state index contributed by atoms with van der Waals surface area (Å²) >= 11 is 0. The van der Waals surface area contributed by atoms with Gasteiger partial charge in [-0.25, -0.2) is 12.8 Å². The summed E-state index contributed by atoms with van der Waals surface area (Å²) in [6.07, 6.45) is 1.18. The lowest BCUT2D eigenvalue weighted by atomic mass is 10.0. The van der Waals surface area contributed by atoms with Crippen LogP contribution in [0.2, 0.25) is 0 Å². The van der Waals surface area contributed by atoms with Gasteiger partial charge in [-0.05, 0) is 68.3 Å². The van der Waals surface area contributed by atoms with Crippen LogP contribution in [-0.4, -0.2) is 56.6 Å². The van der Waals surface area contributed by atoms with Crippen molar-refractivity contribution in [3.05, 3.63) is 95.8 Å². The second-order valence-electron chi connectivity index (χ2n) is 10.6. The van der Waals surface area contributed by atoms with E-state index in [4.69, 9.17) is 4.74 Å². The maximum absolute atomic E-state index is 14.0. The van der Waals surface area contributed by atoms with Gasteiger partial charge in [-0.1, -0.05) is 42.5 Å². The summed E-state index contributed by atoms with van der Waals surface area (Å²) < 4.78 is 45.4. The number of nitrogens with zero attached hydrogens (tertiary/aromatic N) is 2. The smallest absolute Gasteiger partial charge is 0.244 e. The van der Waals surface area contributed by atoms with Crippen molar-refractivity contribution in [3.63, 3.8) is 0 Å². The highest BCUT2D eigenvalue weighted by Crippen LogP contribution is 2.22. The van der Waals surface area contributed by atoms with Crippen molar-refractivity contribution in [2.45, 2.75) is 45.3 Å². The van der Waals surface area contributed by atoms with Gasteiger partial charge in [0.15, 0.2) is 0 Å². The van der Waals surface area contributed by atoms with E-state index in [9.17, 15) is 22.4 Å². The standard InChI is InChI=1S/C30H36FN3O5S/c1-30(2,3)32-29(36)27(19-22-10-7-6-8-11-22)33(20-23-12-9-13-26(18-23)39-4)28(35)21-34(40(5,37)38)25-16-14-24(31)15-17-25/h6-18,27H,19-21H2,1-5H3,(H,32,36). The van der Waals surface area contributed by atoms with E-state index in [1.165, 1.54) is 24.1 Å². The van der Waals surface area contributed by atoms with Crippen LogP contribution >= 0.6 is 0 Å². The number of ether oxygens (including phenoxy) is 1. The molecule has 0 saturated carbocycles. The van der Waals surface area contributed by atoms with Gasteiger partial charge in [0, 0.05) is 18.5 Å². The van der Waals surface area contributed by atoms with Crippen molar-refractivity contribution < 1.29 is 27.1 Å². The zero-order valence-electron chi connectivity index (χ0n) is 23.4. The molecule has 0 saturated heterocycles. The summed E-state index contributed by atoms with van der Waals surface area (Å²) in [6.45, 7) is 4.98. The van der Waals surface area contributed by atoms with Crippen molar-refractivity contribution in [1.82, 2.24) is 10.2 Å². The Balaban J connectivity index is 2.08. The average molecular weight is 570 g/mol. The zero-order chi connectivity index (χ0) is 29.5. The molecule has 0 aliphatic carbocycles. The van der Waals surface area contributed by atoms with Gasteiger partial charge in [0.05, 0.1) is 19.1 Å². The molecule has 3 aromatic carbocycles. The lowest BCUT2D eigenvalue weighted by Gasteiger charge is -2.35. The highest BCUT2D eigenvalue weighted by Gasteiger charge is 2.34. The van der Waals surface area contributed by atoms with Crippen LogP contribution in [-0.2, 0) is 32.6 Å².